The van der Waals surface area contributed by atoms with Crippen molar-refractivity contribution in [2.45, 2.75) is 140 Å². The molecule has 5 saturated carbocycles. The van der Waals surface area contributed by atoms with Crippen molar-refractivity contribution in [3.05, 3.63) is 36.3 Å². The quantitative estimate of drug-likeness (QED) is 0.186. The Bertz CT molecular complexity index is 2000. The van der Waals surface area contributed by atoms with E-state index in [1.807, 2.05) is 18.3 Å². The van der Waals surface area contributed by atoms with Crippen molar-refractivity contribution in [2.24, 2.45) is 34.5 Å². The smallest absolute Gasteiger partial charge is 0.162 e. The van der Waals surface area contributed by atoms with Gasteiger partial charge in [-0.05, 0) is 143 Å². The summed E-state index contributed by atoms with van der Waals surface area (Å²) in [6, 6.07) is 6.26. The molecule has 0 amide bonds. The number of aliphatic hydroxyl groups is 1. The molecule has 11 heteroatoms. The van der Waals surface area contributed by atoms with Crippen LogP contribution in [0.3, 0.4) is 0 Å². The van der Waals surface area contributed by atoms with Crippen molar-refractivity contribution >= 4 is 26.6 Å². The maximum absolute atomic E-state index is 13.2. The maximum Gasteiger partial charge on any atom is 0.162 e. The van der Waals surface area contributed by atoms with Gasteiger partial charge in [0.2, 0.25) is 0 Å². The van der Waals surface area contributed by atoms with Gasteiger partial charge in [-0.1, -0.05) is 13.8 Å². The van der Waals surface area contributed by atoms with Crippen molar-refractivity contribution < 1.29 is 18.8 Å². The summed E-state index contributed by atoms with van der Waals surface area (Å²) in [6.07, 6.45) is 21.6. The van der Waals surface area contributed by atoms with E-state index in [0.29, 0.717) is 54.7 Å². The largest absolute Gasteiger partial charge is 0.393 e. The fourth-order valence-electron chi connectivity index (χ4n) is 12.7. The van der Waals surface area contributed by atoms with Crippen LogP contribution in [0.5, 0.6) is 0 Å². The van der Waals surface area contributed by atoms with Crippen LogP contribution < -0.4 is 4.90 Å². The lowest BCUT2D eigenvalue weighted by atomic mass is 9.45. The highest BCUT2D eigenvalue weighted by molar-refractivity contribution is 7.93. The Morgan fingerprint density at radius 1 is 1.00 bits per heavy atom. The molecule has 10 atom stereocenters. The predicted octanol–water partition coefficient (Wildman–Crippen LogP) is 8.34. The van der Waals surface area contributed by atoms with E-state index in [1.165, 1.54) is 44.9 Å². The molecule has 10 nitrogen and oxygen atoms in total. The van der Waals surface area contributed by atoms with E-state index in [0.717, 1.165) is 97.7 Å². The summed E-state index contributed by atoms with van der Waals surface area (Å²) in [6.45, 7) is 11.0. The summed E-state index contributed by atoms with van der Waals surface area (Å²) in [7, 11) is -2.85. The third-order valence-corrected chi connectivity index (χ3v) is 18.2. The number of unbranched alkanes of at least 4 members (excludes halogenated alkanes) is 2. The second-order valence-electron chi connectivity index (χ2n) is 19.1. The number of anilines is 1. The second kappa shape index (κ2) is 14.3. The number of aromatic nitrogens is 4. The molecular formula is C44H64N6O4S. The van der Waals surface area contributed by atoms with Crippen LogP contribution >= 0.6 is 0 Å². The summed E-state index contributed by atoms with van der Waals surface area (Å²) in [5.74, 6) is 4.61. The molecule has 0 bridgehead atoms. The molecule has 4 heterocycles. The molecule has 6 aliphatic rings. The zero-order valence-corrected chi connectivity index (χ0v) is 34.5. The fraction of sp³-hybridized carbons (Fsp3) is 0.750. The van der Waals surface area contributed by atoms with Crippen molar-refractivity contribution in [1.29, 1.82) is 4.78 Å². The number of aryl methyl sites for hydroxylation is 1. The Morgan fingerprint density at radius 2 is 1.82 bits per heavy atom. The molecule has 1 aliphatic heterocycles. The Labute approximate surface area is 328 Å². The lowest BCUT2D eigenvalue weighted by Gasteiger charge is -2.60. The highest BCUT2D eigenvalue weighted by Gasteiger charge is 2.60. The van der Waals surface area contributed by atoms with Crippen molar-refractivity contribution in [1.82, 2.24) is 19.5 Å². The van der Waals surface area contributed by atoms with E-state index in [9.17, 15) is 9.32 Å². The molecule has 0 radical (unpaired) electrons. The van der Waals surface area contributed by atoms with Crippen LogP contribution in [-0.4, -0.2) is 79.7 Å². The van der Waals surface area contributed by atoms with Gasteiger partial charge in [-0.2, -0.15) is 0 Å². The normalized spacial score (nSPS) is 36.5. The number of morpholine rings is 1. The molecule has 1 saturated heterocycles. The summed E-state index contributed by atoms with van der Waals surface area (Å²) in [4.78, 5) is 17.2. The molecule has 0 aromatic carbocycles. The first-order valence-corrected chi connectivity index (χ1v) is 23.6. The summed E-state index contributed by atoms with van der Waals surface area (Å²) in [5, 5.41) is 11.4. The Kier molecular flexibility index (Phi) is 9.90. The zero-order chi connectivity index (χ0) is 38.2. The average Bonchev–Trinajstić information content (AvgIpc) is 3.80. The minimum absolute atomic E-state index is 0.0719. The highest BCUT2D eigenvalue weighted by atomic mass is 32.2. The molecule has 3 aromatic heterocycles. The van der Waals surface area contributed by atoms with Gasteiger partial charge in [0.25, 0.3) is 0 Å². The molecule has 300 valence electrons. The van der Waals surface area contributed by atoms with E-state index in [2.05, 4.69) is 42.5 Å². The minimum Gasteiger partial charge on any atom is -0.393 e. The van der Waals surface area contributed by atoms with Gasteiger partial charge in [-0.15, -0.1) is 0 Å². The van der Waals surface area contributed by atoms with Crippen molar-refractivity contribution in [3.63, 3.8) is 0 Å². The molecule has 3 aromatic rings. The predicted molar refractivity (Wildman–Crippen MR) is 217 cm³/mol. The lowest BCUT2D eigenvalue weighted by molar-refractivity contribution is -0.141. The van der Waals surface area contributed by atoms with Gasteiger partial charge in [0.1, 0.15) is 11.5 Å². The van der Waals surface area contributed by atoms with Crippen molar-refractivity contribution in [2.75, 3.05) is 37.5 Å². The summed E-state index contributed by atoms with van der Waals surface area (Å²) in [5.41, 5.74) is 3.31. The Hall–Kier alpha value is -2.60. The number of nitrogens with one attached hydrogen (secondary N) is 1. The lowest BCUT2D eigenvalue weighted by Crippen LogP contribution is -2.54. The molecule has 2 N–H and O–H groups in total. The molecule has 6 fully saturated rings. The van der Waals surface area contributed by atoms with Crippen molar-refractivity contribution in [3.8, 4) is 11.4 Å². The topological polar surface area (TPSA) is 126 Å². The van der Waals surface area contributed by atoms with Gasteiger partial charge >= 0.3 is 0 Å². The number of pyridine rings is 1. The Morgan fingerprint density at radius 3 is 2.62 bits per heavy atom. The standard InChI is InChI=1S/C44H64N6O4S/c1-29-28-53-25-23-50(29)39-27-37(44(18-19-44)55(4,45)52)47-40(48-39)32-14-20-46-41-33(32)15-22-49(41)21-6-5-7-24-54-38-11-10-35-34-9-8-30-26-31(51)12-16-42(30,2)36(34)13-17-43(35,38)3/h14-15,20,22,27,29-31,34-36,38,45,51H,5-13,16-19,21,23-26,28H2,1-4H3/t29-,30+,31?,34+,35+,36+,38+,42+,43+,55?/m1/s1. The van der Waals surface area contributed by atoms with E-state index in [4.69, 9.17) is 29.2 Å². The van der Waals surface area contributed by atoms with Gasteiger partial charge in [0, 0.05) is 55.4 Å². The molecule has 55 heavy (non-hydrogen) atoms. The van der Waals surface area contributed by atoms with E-state index in [1.54, 1.807) is 6.26 Å². The summed E-state index contributed by atoms with van der Waals surface area (Å²) < 4.78 is 35.8. The Balaban J connectivity index is 0.833. The van der Waals surface area contributed by atoms with Crippen LogP contribution in [-0.2, 0) is 30.5 Å². The number of aliphatic hydroxyl groups excluding tert-OH is 1. The van der Waals surface area contributed by atoms with E-state index in [-0.39, 0.29) is 12.1 Å². The monoisotopic (exact) mass is 772 g/mol. The SMILES string of the molecule is C[C@@H]1COCCN1c1cc(C2(S(C)(=N)=O)CC2)nc(-c2ccnc3c2ccn3CCCCCO[C@H]2CC[C@H]3[C@@H]4CC[C@H]5CC(O)CC[C@]5(C)[C@H]4CC[C@]23C)n1. The number of rotatable bonds is 11. The first kappa shape index (κ1) is 37.9. The summed E-state index contributed by atoms with van der Waals surface area (Å²) >= 11 is 0. The number of nitrogens with zero attached hydrogens (tertiary/aromatic N) is 5. The van der Waals surface area contributed by atoms with E-state index >= 15 is 0 Å². The number of hydrogen-bond acceptors (Lipinski definition) is 9. The maximum atomic E-state index is 13.2. The van der Waals surface area contributed by atoms with Crippen LogP contribution in [0.4, 0.5) is 5.82 Å². The number of hydrogen-bond donors (Lipinski definition) is 2. The van der Waals surface area contributed by atoms with Gasteiger partial charge in [0.15, 0.2) is 5.82 Å². The van der Waals surface area contributed by atoms with Gasteiger partial charge in [0.05, 0.1) is 51.6 Å². The number of ether oxygens (including phenoxy) is 2. The third kappa shape index (κ3) is 6.55. The third-order valence-electron chi connectivity index (χ3n) is 16.1. The first-order chi connectivity index (χ1) is 26.4. The van der Waals surface area contributed by atoms with Crippen LogP contribution in [0.1, 0.15) is 116 Å². The molecular weight excluding hydrogens is 709 g/mol. The highest BCUT2D eigenvalue weighted by Crippen LogP contribution is 2.66. The first-order valence-electron chi connectivity index (χ1n) is 21.6. The zero-order valence-electron chi connectivity index (χ0n) is 33.7. The second-order valence-corrected chi connectivity index (χ2v) is 21.6. The molecule has 5 aliphatic carbocycles. The van der Waals surface area contributed by atoms with Crippen LogP contribution in [0.25, 0.3) is 22.4 Å². The van der Waals surface area contributed by atoms with E-state index < -0.39 is 14.5 Å². The molecule has 0 spiro atoms. The van der Waals surface area contributed by atoms with Gasteiger partial charge in [-0.3, -0.25) is 4.78 Å². The average molecular weight is 773 g/mol. The minimum atomic E-state index is -2.85. The van der Waals surface area contributed by atoms with Crippen LogP contribution in [0, 0.1) is 39.3 Å². The molecule has 2 unspecified atom stereocenters. The van der Waals surface area contributed by atoms with Gasteiger partial charge < -0.3 is 24.0 Å². The number of fused-ring (bicyclic) bond motifs is 6. The van der Waals surface area contributed by atoms with Crippen LogP contribution in [0.2, 0.25) is 0 Å². The van der Waals surface area contributed by atoms with Gasteiger partial charge in [-0.25, -0.2) is 19.2 Å². The van der Waals surface area contributed by atoms with Crippen LogP contribution in [0.15, 0.2) is 30.6 Å². The fourth-order valence-corrected chi connectivity index (χ4v) is 14.1. The molecule has 9 rings (SSSR count).